The van der Waals surface area contributed by atoms with Crippen LogP contribution in [0.1, 0.15) is 41.2 Å². The Morgan fingerprint density at radius 1 is 1.14 bits per heavy atom. The Morgan fingerprint density at radius 3 is 2.77 bits per heavy atom. The van der Waals surface area contributed by atoms with Crippen molar-refractivity contribution >= 4 is 11.6 Å². The monoisotopic (exact) mass is 293 g/mol. The molecule has 0 unspecified atom stereocenters. The Kier molecular flexibility index (Phi) is 4.28. The minimum atomic E-state index is 0.0712. The van der Waals surface area contributed by atoms with Crippen LogP contribution in [0.4, 0.5) is 5.69 Å². The first-order valence-corrected chi connectivity index (χ1v) is 8.16. The van der Waals surface area contributed by atoms with Crippen molar-refractivity contribution in [2.45, 2.75) is 46.0 Å². The number of carbonyl (C=O) groups excluding carboxylic acids is 1. The molecule has 0 aromatic heterocycles. The van der Waals surface area contributed by atoms with E-state index in [2.05, 4.69) is 36.5 Å². The summed E-state index contributed by atoms with van der Waals surface area (Å²) in [6.07, 6.45) is 4.96. The minimum Gasteiger partial charge on any atom is -0.325 e. The smallest absolute Gasteiger partial charge is 0.228 e. The number of hydrogen-bond donors (Lipinski definition) is 1. The van der Waals surface area contributed by atoms with Crippen LogP contribution in [0.5, 0.6) is 0 Å². The van der Waals surface area contributed by atoms with Gasteiger partial charge in [-0.1, -0.05) is 43.3 Å². The standard InChI is InChI=1S/C20H23NO/c1-3-16-7-4-6-14(2)20(16)21-19(22)13-15-10-11-17-8-5-9-18(17)12-15/h4,6-7,10-12H,3,5,8-9,13H2,1-2H3,(H,21,22). The molecule has 22 heavy (non-hydrogen) atoms. The third-order valence-electron chi connectivity index (χ3n) is 4.53. The molecule has 0 heterocycles. The summed E-state index contributed by atoms with van der Waals surface area (Å²) in [6.45, 7) is 4.16. The van der Waals surface area contributed by atoms with Crippen LogP contribution >= 0.6 is 0 Å². The van der Waals surface area contributed by atoms with E-state index in [0.717, 1.165) is 29.7 Å². The molecule has 2 nitrogen and oxygen atoms in total. The summed E-state index contributed by atoms with van der Waals surface area (Å²) in [5.41, 5.74) is 7.30. The van der Waals surface area contributed by atoms with E-state index in [-0.39, 0.29) is 5.91 Å². The van der Waals surface area contributed by atoms with Crippen molar-refractivity contribution in [1.82, 2.24) is 0 Å². The Bertz CT molecular complexity index is 703. The molecule has 0 atom stereocenters. The normalized spacial score (nSPS) is 13.0. The highest BCUT2D eigenvalue weighted by molar-refractivity contribution is 5.93. The van der Waals surface area contributed by atoms with Gasteiger partial charge in [0.1, 0.15) is 0 Å². The van der Waals surface area contributed by atoms with Crippen molar-refractivity contribution in [2.24, 2.45) is 0 Å². The summed E-state index contributed by atoms with van der Waals surface area (Å²) in [7, 11) is 0. The topological polar surface area (TPSA) is 29.1 Å². The van der Waals surface area contributed by atoms with Gasteiger partial charge < -0.3 is 5.32 Å². The van der Waals surface area contributed by atoms with Crippen molar-refractivity contribution in [3.8, 4) is 0 Å². The molecule has 0 radical (unpaired) electrons. The predicted molar refractivity (Wildman–Crippen MR) is 91.4 cm³/mol. The van der Waals surface area contributed by atoms with Crippen LogP contribution in [0.25, 0.3) is 0 Å². The third-order valence-corrected chi connectivity index (χ3v) is 4.53. The number of benzene rings is 2. The quantitative estimate of drug-likeness (QED) is 0.898. The van der Waals surface area contributed by atoms with Gasteiger partial charge in [-0.15, -0.1) is 0 Å². The summed E-state index contributed by atoms with van der Waals surface area (Å²) >= 11 is 0. The molecule has 2 aromatic carbocycles. The lowest BCUT2D eigenvalue weighted by molar-refractivity contribution is -0.115. The van der Waals surface area contributed by atoms with E-state index in [1.165, 1.54) is 29.5 Å². The van der Waals surface area contributed by atoms with Crippen molar-refractivity contribution in [3.05, 3.63) is 64.2 Å². The first-order chi connectivity index (χ1) is 10.7. The van der Waals surface area contributed by atoms with Crippen LogP contribution in [0.3, 0.4) is 0 Å². The molecular formula is C20H23NO. The van der Waals surface area contributed by atoms with Crippen LogP contribution in [0.2, 0.25) is 0 Å². The summed E-state index contributed by atoms with van der Waals surface area (Å²) in [6, 6.07) is 12.7. The van der Waals surface area contributed by atoms with Crippen molar-refractivity contribution < 1.29 is 4.79 Å². The number of rotatable bonds is 4. The van der Waals surface area contributed by atoms with Crippen molar-refractivity contribution in [1.29, 1.82) is 0 Å². The van der Waals surface area contributed by atoms with Crippen LogP contribution in [0.15, 0.2) is 36.4 Å². The Labute approximate surface area is 132 Å². The van der Waals surface area contributed by atoms with Crippen molar-refractivity contribution in [2.75, 3.05) is 5.32 Å². The molecule has 2 heteroatoms. The van der Waals surface area contributed by atoms with E-state index in [0.29, 0.717) is 6.42 Å². The van der Waals surface area contributed by atoms with Gasteiger partial charge in [-0.3, -0.25) is 4.79 Å². The zero-order valence-corrected chi connectivity index (χ0v) is 13.4. The van der Waals surface area contributed by atoms with Crippen LogP contribution in [-0.2, 0) is 30.5 Å². The maximum atomic E-state index is 12.4. The zero-order chi connectivity index (χ0) is 15.5. The lowest BCUT2D eigenvalue weighted by atomic mass is 10.0. The lowest BCUT2D eigenvalue weighted by Crippen LogP contribution is -2.16. The highest BCUT2D eigenvalue weighted by Gasteiger charge is 2.13. The first-order valence-electron chi connectivity index (χ1n) is 8.16. The predicted octanol–water partition coefficient (Wildman–Crippen LogP) is 4.23. The average molecular weight is 293 g/mol. The van der Waals surface area contributed by atoms with Gasteiger partial charge in [0.05, 0.1) is 6.42 Å². The number of amides is 1. The van der Waals surface area contributed by atoms with E-state index >= 15 is 0 Å². The van der Waals surface area contributed by atoms with Gasteiger partial charge in [0, 0.05) is 5.69 Å². The largest absolute Gasteiger partial charge is 0.325 e. The number of para-hydroxylation sites is 1. The molecule has 1 N–H and O–H groups in total. The Balaban J connectivity index is 1.73. The molecule has 0 aliphatic heterocycles. The summed E-state index contributed by atoms with van der Waals surface area (Å²) < 4.78 is 0. The fraction of sp³-hybridized carbons (Fsp3) is 0.350. The molecule has 1 aliphatic carbocycles. The number of nitrogens with one attached hydrogen (secondary N) is 1. The molecule has 0 bridgehead atoms. The maximum Gasteiger partial charge on any atom is 0.228 e. The second-order valence-corrected chi connectivity index (χ2v) is 6.14. The zero-order valence-electron chi connectivity index (χ0n) is 13.4. The third kappa shape index (κ3) is 3.06. The number of anilines is 1. The maximum absolute atomic E-state index is 12.4. The molecular weight excluding hydrogens is 270 g/mol. The second kappa shape index (κ2) is 6.35. The molecule has 2 aromatic rings. The molecule has 0 fully saturated rings. The fourth-order valence-corrected chi connectivity index (χ4v) is 3.31. The fourth-order valence-electron chi connectivity index (χ4n) is 3.31. The number of fused-ring (bicyclic) bond motifs is 1. The number of hydrogen-bond acceptors (Lipinski definition) is 1. The molecule has 114 valence electrons. The van der Waals surface area contributed by atoms with Gasteiger partial charge in [0.15, 0.2) is 0 Å². The molecule has 3 rings (SSSR count). The van der Waals surface area contributed by atoms with Gasteiger partial charge in [0.25, 0.3) is 0 Å². The van der Waals surface area contributed by atoms with Crippen LogP contribution in [-0.4, -0.2) is 5.91 Å². The first kappa shape index (κ1) is 14.8. The van der Waals surface area contributed by atoms with Crippen molar-refractivity contribution in [3.63, 3.8) is 0 Å². The minimum absolute atomic E-state index is 0.0712. The van der Waals surface area contributed by atoms with Crippen LogP contribution < -0.4 is 5.32 Å². The molecule has 1 aliphatic rings. The lowest BCUT2D eigenvalue weighted by Gasteiger charge is -2.13. The van der Waals surface area contributed by atoms with Gasteiger partial charge in [-0.05, 0) is 60.4 Å². The molecule has 0 saturated carbocycles. The highest BCUT2D eigenvalue weighted by atomic mass is 16.1. The molecule has 1 amide bonds. The van der Waals surface area contributed by atoms with E-state index in [1.807, 2.05) is 19.1 Å². The highest BCUT2D eigenvalue weighted by Crippen LogP contribution is 2.24. The molecule has 0 spiro atoms. The van der Waals surface area contributed by atoms with Gasteiger partial charge >= 0.3 is 0 Å². The Hall–Kier alpha value is -2.09. The van der Waals surface area contributed by atoms with Gasteiger partial charge in [-0.2, -0.15) is 0 Å². The molecule has 0 saturated heterocycles. The van der Waals surface area contributed by atoms with Gasteiger partial charge in [0.2, 0.25) is 5.91 Å². The number of carbonyl (C=O) groups is 1. The van der Waals surface area contributed by atoms with Gasteiger partial charge in [-0.25, -0.2) is 0 Å². The van der Waals surface area contributed by atoms with E-state index in [4.69, 9.17) is 0 Å². The van der Waals surface area contributed by atoms with E-state index < -0.39 is 0 Å². The second-order valence-electron chi connectivity index (χ2n) is 6.14. The Morgan fingerprint density at radius 2 is 1.95 bits per heavy atom. The van der Waals surface area contributed by atoms with E-state index in [9.17, 15) is 4.79 Å². The summed E-state index contributed by atoms with van der Waals surface area (Å²) in [5, 5.41) is 3.11. The summed E-state index contributed by atoms with van der Waals surface area (Å²) in [4.78, 5) is 12.4. The SMILES string of the molecule is CCc1cccc(C)c1NC(=O)Cc1ccc2c(c1)CCC2. The summed E-state index contributed by atoms with van der Waals surface area (Å²) in [5.74, 6) is 0.0712. The van der Waals surface area contributed by atoms with Crippen LogP contribution in [0, 0.1) is 6.92 Å². The average Bonchev–Trinajstić information content (AvgIpc) is 2.97. The van der Waals surface area contributed by atoms with E-state index in [1.54, 1.807) is 0 Å². The number of aryl methyl sites for hydroxylation is 4.